The third kappa shape index (κ3) is 4.49. The highest BCUT2D eigenvalue weighted by molar-refractivity contribution is 7.10. The maximum Gasteiger partial charge on any atom is 0.305 e. The molecule has 6 nitrogen and oxygen atoms in total. The normalized spacial score (nSPS) is 17.9. The molecule has 2 N–H and O–H groups in total. The molecule has 1 fully saturated rings. The van der Waals surface area contributed by atoms with E-state index in [-0.39, 0.29) is 24.7 Å². The largest absolute Gasteiger partial charge is 0.481 e. The van der Waals surface area contributed by atoms with E-state index in [1.807, 2.05) is 41.8 Å². The number of hydrogen-bond acceptors (Lipinski definition) is 4. The van der Waals surface area contributed by atoms with Gasteiger partial charge in [-0.25, -0.2) is 0 Å². The number of carbonyl (C=O) groups excluding carboxylic acids is 2. The third-order valence-corrected chi connectivity index (χ3v) is 5.37. The lowest BCUT2D eigenvalue weighted by Crippen LogP contribution is -2.36. The van der Waals surface area contributed by atoms with Crippen molar-refractivity contribution >= 4 is 29.1 Å². The summed E-state index contributed by atoms with van der Waals surface area (Å²) >= 11 is 1.41. The van der Waals surface area contributed by atoms with Gasteiger partial charge in [-0.05, 0) is 17.0 Å². The molecule has 1 saturated heterocycles. The number of aliphatic carboxylic acids is 1. The van der Waals surface area contributed by atoms with E-state index in [9.17, 15) is 14.4 Å². The number of nitrogens with one attached hydrogen (secondary N) is 1. The first kappa shape index (κ1) is 18.1. The average molecular weight is 372 g/mol. The fourth-order valence-electron chi connectivity index (χ4n) is 3.08. The lowest BCUT2D eigenvalue weighted by atomic mass is 10.1. The van der Waals surface area contributed by atoms with E-state index in [1.165, 1.54) is 11.3 Å². The van der Waals surface area contributed by atoms with E-state index in [4.69, 9.17) is 5.11 Å². The summed E-state index contributed by atoms with van der Waals surface area (Å²) in [7, 11) is 0. The van der Waals surface area contributed by atoms with E-state index in [0.717, 1.165) is 10.4 Å². The van der Waals surface area contributed by atoms with Crippen molar-refractivity contribution in [3.8, 4) is 0 Å². The second kappa shape index (κ2) is 8.14. The van der Waals surface area contributed by atoms with Gasteiger partial charge in [0.2, 0.25) is 11.8 Å². The van der Waals surface area contributed by atoms with E-state index >= 15 is 0 Å². The molecule has 1 aliphatic heterocycles. The Kier molecular flexibility index (Phi) is 5.68. The third-order valence-electron chi connectivity index (χ3n) is 4.38. The highest BCUT2D eigenvalue weighted by atomic mass is 32.1. The van der Waals surface area contributed by atoms with Gasteiger partial charge in [-0.1, -0.05) is 36.4 Å². The zero-order valence-electron chi connectivity index (χ0n) is 14.1. The minimum absolute atomic E-state index is 0.0556. The van der Waals surface area contributed by atoms with Gasteiger partial charge in [0.05, 0.1) is 18.4 Å². The molecule has 3 rings (SSSR count). The number of nitrogens with zero attached hydrogens (tertiary/aromatic N) is 1. The minimum atomic E-state index is -0.975. The van der Waals surface area contributed by atoms with Crippen LogP contribution in [0, 0.1) is 5.92 Å². The monoisotopic (exact) mass is 372 g/mol. The number of benzene rings is 1. The van der Waals surface area contributed by atoms with Gasteiger partial charge >= 0.3 is 5.97 Å². The molecule has 0 unspecified atom stereocenters. The summed E-state index contributed by atoms with van der Waals surface area (Å²) < 4.78 is 0. The van der Waals surface area contributed by atoms with Gasteiger partial charge < -0.3 is 15.3 Å². The number of thiophene rings is 1. The number of hydrogen-bond donors (Lipinski definition) is 2. The first-order valence-electron chi connectivity index (χ1n) is 8.40. The Balaban J connectivity index is 1.62. The van der Waals surface area contributed by atoms with Gasteiger partial charge in [-0.15, -0.1) is 11.3 Å². The highest BCUT2D eigenvalue weighted by Crippen LogP contribution is 2.25. The first-order valence-corrected chi connectivity index (χ1v) is 9.28. The van der Waals surface area contributed by atoms with E-state index in [1.54, 1.807) is 11.0 Å². The lowest BCUT2D eigenvalue weighted by molar-refractivity contribution is -0.138. The molecule has 2 atom stereocenters. The maximum atomic E-state index is 12.6. The molecule has 0 aliphatic carbocycles. The van der Waals surface area contributed by atoms with E-state index < -0.39 is 17.9 Å². The van der Waals surface area contributed by atoms with Gasteiger partial charge in [0, 0.05) is 24.4 Å². The Hall–Kier alpha value is -2.67. The Morgan fingerprint density at radius 3 is 2.65 bits per heavy atom. The Morgan fingerprint density at radius 1 is 1.23 bits per heavy atom. The second-order valence-corrected chi connectivity index (χ2v) is 7.31. The number of likely N-dealkylation sites (tertiary alicyclic amines) is 1. The van der Waals surface area contributed by atoms with Gasteiger partial charge in [0.15, 0.2) is 0 Å². The Labute approximate surface area is 155 Å². The molecular formula is C19H20N2O4S. The van der Waals surface area contributed by atoms with Gasteiger partial charge in [-0.3, -0.25) is 14.4 Å². The van der Waals surface area contributed by atoms with Crippen molar-refractivity contribution in [3.05, 3.63) is 58.3 Å². The maximum absolute atomic E-state index is 12.6. The quantitative estimate of drug-likeness (QED) is 0.781. The summed E-state index contributed by atoms with van der Waals surface area (Å²) in [6.07, 6.45) is -0.0243. The molecule has 1 aromatic heterocycles. The average Bonchev–Trinajstić information content (AvgIpc) is 3.25. The first-order chi connectivity index (χ1) is 12.5. The summed E-state index contributed by atoms with van der Waals surface area (Å²) in [6, 6.07) is 12.7. The molecule has 2 aromatic rings. The van der Waals surface area contributed by atoms with Crippen LogP contribution in [-0.2, 0) is 20.9 Å². The standard InChI is InChI=1S/C19H20N2O4S/c22-17-9-14(12-21(17)11-13-5-2-1-3-6-13)19(25)20-15(10-18(23)24)16-7-4-8-26-16/h1-8,14-15H,9-12H2,(H,20,25)(H,23,24)/t14-,15-/m0/s1. The zero-order valence-corrected chi connectivity index (χ0v) is 14.9. The van der Waals surface area contributed by atoms with Crippen LogP contribution in [0.2, 0.25) is 0 Å². The van der Waals surface area contributed by atoms with Crippen LogP contribution < -0.4 is 5.32 Å². The Bertz CT molecular complexity index is 776. The van der Waals surface area contributed by atoms with E-state index in [0.29, 0.717) is 13.1 Å². The SMILES string of the molecule is O=C(O)C[C@H](NC(=O)[C@H]1CC(=O)N(Cc2ccccc2)C1)c1cccs1. The fourth-order valence-corrected chi connectivity index (χ4v) is 3.86. The summed E-state index contributed by atoms with van der Waals surface area (Å²) in [5.74, 6) is -1.76. The molecule has 26 heavy (non-hydrogen) atoms. The van der Waals surface area contributed by atoms with Gasteiger partial charge in [0.25, 0.3) is 0 Å². The van der Waals surface area contributed by atoms with Crippen LogP contribution in [0.1, 0.15) is 29.3 Å². The predicted octanol–water partition coefficient (Wildman–Crippen LogP) is 2.43. The number of carboxylic acids is 1. The van der Waals surface area contributed by atoms with Crippen molar-refractivity contribution in [1.29, 1.82) is 0 Å². The minimum Gasteiger partial charge on any atom is -0.481 e. The molecule has 2 heterocycles. The number of amides is 2. The van der Waals surface area contributed by atoms with Crippen molar-refractivity contribution < 1.29 is 19.5 Å². The van der Waals surface area contributed by atoms with Crippen LogP contribution in [-0.4, -0.2) is 34.3 Å². The summed E-state index contributed by atoms with van der Waals surface area (Å²) in [6.45, 7) is 0.830. The molecule has 1 aliphatic rings. The second-order valence-electron chi connectivity index (χ2n) is 6.34. The molecule has 2 amide bonds. The molecule has 136 valence electrons. The highest BCUT2D eigenvalue weighted by Gasteiger charge is 2.35. The lowest BCUT2D eigenvalue weighted by Gasteiger charge is -2.19. The van der Waals surface area contributed by atoms with Crippen molar-refractivity contribution in [2.24, 2.45) is 5.92 Å². The molecule has 1 aromatic carbocycles. The Morgan fingerprint density at radius 2 is 2.00 bits per heavy atom. The van der Waals surface area contributed by atoms with Crippen LogP contribution in [0.25, 0.3) is 0 Å². The molecule has 0 saturated carbocycles. The van der Waals surface area contributed by atoms with Crippen molar-refractivity contribution in [3.63, 3.8) is 0 Å². The van der Waals surface area contributed by atoms with Crippen molar-refractivity contribution in [2.75, 3.05) is 6.54 Å². The molecule has 7 heteroatoms. The molecule has 0 spiro atoms. The zero-order chi connectivity index (χ0) is 18.5. The van der Waals surface area contributed by atoms with Gasteiger partial charge in [0.1, 0.15) is 0 Å². The van der Waals surface area contributed by atoms with Crippen molar-refractivity contribution in [2.45, 2.75) is 25.4 Å². The van der Waals surface area contributed by atoms with Crippen LogP contribution in [0.4, 0.5) is 0 Å². The summed E-state index contributed by atoms with van der Waals surface area (Å²) in [5, 5.41) is 13.8. The van der Waals surface area contributed by atoms with Crippen molar-refractivity contribution in [1.82, 2.24) is 10.2 Å². The van der Waals surface area contributed by atoms with Crippen LogP contribution in [0.15, 0.2) is 47.8 Å². The number of rotatable bonds is 7. The van der Waals surface area contributed by atoms with Crippen LogP contribution >= 0.6 is 11.3 Å². The molecule has 0 radical (unpaired) electrons. The van der Waals surface area contributed by atoms with Gasteiger partial charge in [-0.2, -0.15) is 0 Å². The topological polar surface area (TPSA) is 86.7 Å². The smallest absolute Gasteiger partial charge is 0.305 e. The summed E-state index contributed by atoms with van der Waals surface area (Å²) in [4.78, 5) is 38.4. The van der Waals surface area contributed by atoms with E-state index in [2.05, 4.69) is 5.32 Å². The number of carbonyl (C=O) groups is 3. The molecule has 0 bridgehead atoms. The predicted molar refractivity (Wildman–Crippen MR) is 97.4 cm³/mol. The molecular weight excluding hydrogens is 352 g/mol. The van der Waals surface area contributed by atoms with Crippen LogP contribution in [0.3, 0.4) is 0 Å². The number of carboxylic acid groups (broad SMARTS) is 1. The van der Waals surface area contributed by atoms with Crippen LogP contribution in [0.5, 0.6) is 0 Å². The summed E-state index contributed by atoms with van der Waals surface area (Å²) in [5.41, 5.74) is 1.02. The fraction of sp³-hybridized carbons (Fsp3) is 0.316.